The minimum atomic E-state index is -0.236. The van der Waals surface area contributed by atoms with Crippen molar-refractivity contribution in [3.63, 3.8) is 0 Å². The molecule has 0 radical (unpaired) electrons. The van der Waals surface area contributed by atoms with Crippen molar-refractivity contribution in [1.82, 2.24) is 14.5 Å². The number of pyridine rings is 1. The van der Waals surface area contributed by atoms with Gasteiger partial charge in [-0.3, -0.25) is 19.1 Å². The topological polar surface area (TPSA) is 68.1 Å². The number of anilines is 1. The molecule has 2 heterocycles. The molecule has 0 N–H and O–H groups in total. The molecule has 0 fully saturated rings. The highest BCUT2D eigenvalue weighted by atomic mass is 16.2. The molecule has 4 aromatic rings. The number of fused-ring (bicyclic) bond motifs is 1. The normalized spacial score (nSPS) is 10.7. The van der Waals surface area contributed by atoms with Crippen LogP contribution in [0.4, 0.5) is 5.82 Å². The van der Waals surface area contributed by atoms with Crippen LogP contribution in [0.15, 0.2) is 90.1 Å². The van der Waals surface area contributed by atoms with E-state index in [1.54, 1.807) is 41.4 Å². The van der Waals surface area contributed by atoms with Crippen LogP contribution < -0.4 is 10.5 Å². The van der Waals surface area contributed by atoms with Crippen molar-refractivity contribution in [1.29, 1.82) is 0 Å². The molecule has 2 aromatic heterocycles. The fourth-order valence-corrected chi connectivity index (χ4v) is 3.03. The quantitative estimate of drug-likeness (QED) is 0.542. The van der Waals surface area contributed by atoms with E-state index in [9.17, 15) is 9.59 Å². The number of hydrogen-bond donors (Lipinski definition) is 0. The van der Waals surface area contributed by atoms with Crippen molar-refractivity contribution in [3.05, 3.63) is 101 Å². The molecular weight excluding hydrogens is 352 g/mol. The number of carbonyl (C=O) groups excluding carboxylic acids is 1. The van der Waals surface area contributed by atoms with E-state index in [-0.39, 0.29) is 18.0 Å². The average Bonchev–Trinajstić information content (AvgIpc) is 2.75. The molecule has 0 aliphatic rings. The molecule has 6 heteroatoms. The van der Waals surface area contributed by atoms with E-state index in [2.05, 4.69) is 9.97 Å². The number of hydrogen-bond acceptors (Lipinski definition) is 4. The molecule has 4 rings (SSSR count). The highest BCUT2D eigenvalue weighted by Gasteiger charge is 2.19. The van der Waals surface area contributed by atoms with Crippen LogP contribution in [0, 0.1) is 0 Å². The average molecular weight is 370 g/mol. The summed E-state index contributed by atoms with van der Waals surface area (Å²) in [6, 6.07) is 22.2. The van der Waals surface area contributed by atoms with Gasteiger partial charge >= 0.3 is 0 Å². The van der Waals surface area contributed by atoms with E-state index in [0.29, 0.717) is 23.3 Å². The minimum Gasteiger partial charge on any atom is -0.291 e. The van der Waals surface area contributed by atoms with Gasteiger partial charge in [0, 0.05) is 6.20 Å². The van der Waals surface area contributed by atoms with Crippen molar-refractivity contribution in [3.8, 4) is 0 Å². The van der Waals surface area contributed by atoms with Gasteiger partial charge in [-0.2, -0.15) is 0 Å². The number of benzene rings is 2. The molecule has 2 aromatic carbocycles. The molecule has 0 unspecified atom stereocenters. The molecular formula is C22H18N4O2. The van der Waals surface area contributed by atoms with Crippen LogP contribution in [-0.4, -0.2) is 20.4 Å². The van der Waals surface area contributed by atoms with Crippen LogP contribution in [-0.2, 0) is 17.9 Å². The Balaban J connectivity index is 1.66. The van der Waals surface area contributed by atoms with Crippen LogP contribution in [0.1, 0.15) is 5.56 Å². The second-order valence-corrected chi connectivity index (χ2v) is 6.35. The zero-order valence-corrected chi connectivity index (χ0v) is 15.1. The van der Waals surface area contributed by atoms with E-state index in [0.717, 1.165) is 5.56 Å². The van der Waals surface area contributed by atoms with Gasteiger partial charge in [0.2, 0.25) is 5.91 Å². The number of nitrogens with zero attached hydrogens (tertiary/aromatic N) is 4. The van der Waals surface area contributed by atoms with Crippen molar-refractivity contribution in [2.24, 2.45) is 0 Å². The SMILES string of the molecule is O=C(Cn1cnc2ccccc2c1=O)N(Cc1ccccc1)c1ccccn1. The summed E-state index contributed by atoms with van der Waals surface area (Å²) < 4.78 is 1.34. The fourth-order valence-electron chi connectivity index (χ4n) is 3.03. The van der Waals surface area contributed by atoms with Gasteiger partial charge in [0.15, 0.2) is 0 Å². The molecule has 138 valence electrons. The van der Waals surface area contributed by atoms with Gasteiger partial charge in [0.1, 0.15) is 12.4 Å². The second-order valence-electron chi connectivity index (χ2n) is 6.35. The van der Waals surface area contributed by atoms with Crippen LogP contribution >= 0.6 is 0 Å². The maximum Gasteiger partial charge on any atom is 0.261 e. The minimum absolute atomic E-state index is 0.111. The lowest BCUT2D eigenvalue weighted by Crippen LogP contribution is -2.36. The van der Waals surface area contributed by atoms with Crippen LogP contribution in [0.5, 0.6) is 0 Å². The summed E-state index contributed by atoms with van der Waals surface area (Å²) in [5.74, 6) is 0.305. The van der Waals surface area contributed by atoms with E-state index in [4.69, 9.17) is 0 Å². The Labute approximate surface area is 161 Å². The Hall–Kier alpha value is -3.80. The first kappa shape index (κ1) is 17.6. The Bertz CT molecular complexity index is 1160. The van der Waals surface area contributed by atoms with Crippen LogP contribution in [0.25, 0.3) is 10.9 Å². The molecule has 0 bridgehead atoms. The standard InChI is InChI=1S/C22H18N4O2/c27-21(15-25-16-24-19-11-5-4-10-18(19)22(25)28)26(20-12-6-7-13-23-20)14-17-8-2-1-3-9-17/h1-13,16H,14-15H2. The number of rotatable bonds is 5. The van der Waals surface area contributed by atoms with Gasteiger partial charge in [0.05, 0.1) is 23.8 Å². The Kier molecular flexibility index (Phi) is 4.93. The van der Waals surface area contributed by atoms with E-state index < -0.39 is 0 Å². The monoisotopic (exact) mass is 370 g/mol. The van der Waals surface area contributed by atoms with Crippen molar-refractivity contribution in [2.45, 2.75) is 13.1 Å². The van der Waals surface area contributed by atoms with Gasteiger partial charge in [0.25, 0.3) is 5.56 Å². The summed E-state index contributed by atoms with van der Waals surface area (Å²) >= 11 is 0. The zero-order valence-electron chi connectivity index (χ0n) is 15.1. The summed E-state index contributed by atoms with van der Waals surface area (Å²) in [6.45, 7) is 0.256. The Morgan fingerprint density at radius 2 is 1.64 bits per heavy atom. The summed E-state index contributed by atoms with van der Waals surface area (Å²) in [4.78, 5) is 36.0. The first-order chi connectivity index (χ1) is 13.7. The van der Waals surface area contributed by atoms with Gasteiger partial charge in [-0.25, -0.2) is 9.97 Å². The van der Waals surface area contributed by atoms with Gasteiger partial charge < -0.3 is 0 Å². The molecule has 0 aliphatic carbocycles. The molecule has 6 nitrogen and oxygen atoms in total. The maximum absolute atomic E-state index is 13.1. The largest absolute Gasteiger partial charge is 0.291 e. The Morgan fingerprint density at radius 1 is 0.893 bits per heavy atom. The van der Waals surface area contributed by atoms with Crippen molar-refractivity contribution in [2.75, 3.05) is 4.90 Å². The third-order valence-corrected chi connectivity index (χ3v) is 4.45. The lowest BCUT2D eigenvalue weighted by Gasteiger charge is -2.22. The second kappa shape index (κ2) is 7.84. The number of para-hydroxylation sites is 1. The molecule has 0 saturated carbocycles. The van der Waals surface area contributed by atoms with Gasteiger partial charge in [-0.1, -0.05) is 48.5 Å². The number of carbonyl (C=O) groups is 1. The summed E-state index contributed by atoms with van der Waals surface area (Å²) in [5.41, 5.74) is 1.35. The predicted octanol–water partition coefficient (Wildman–Crippen LogP) is 3.02. The number of amides is 1. The van der Waals surface area contributed by atoms with Crippen molar-refractivity contribution < 1.29 is 4.79 Å². The summed E-state index contributed by atoms with van der Waals surface area (Å²) in [7, 11) is 0. The highest BCUT2D eigenvalue weighted by molar-refractivity contribution is 5.92. The third kappa shape index (κ3) is 3.66. The van der Waals surface area contributed by atoms with Crippen molar-refractivity contribution >= 4 is 22.6 Å². The molecule has 28 heavy (non-hydrogen) atoms. The van der Waals surface area contributed by atoms with E-state index >= 15 is 0 Å². The molecule has 0 aliphatic heterocycles. The lowest BCUT2D eigenvalue weighted by molar-refractivity contribution is -0.119. The van der Waals surface area contributed by atoms with Gasteiger partial charge in [-0.15, -0.1) is 0 Å². The maximum atomic E-state index is 13.1. The first-order valence-corrected chi connectivity index (χ1v) is 8.92. The Morgan fingerprint density at radius 3 is 2.43 bits per heavy atom. The molecule has 1 amide bonds. The third-order valence-electron chi connectivity index (χ3n) is 4.45. The summed E-state index contributed by atoms with van der Waals surface area (Å²) in [6.07, 6.45) is 3.06. The van der Waals surface area contributed by atoms with Gasteiger partial charge in [-0.05, 0) is 29.8 Å². The first-order valence-electron chi connectivity index (χ1n) is 8.92. The van der Waals surface area contributed by atoms with E-state index in [1.165, 1.54) is 10.9 Å². The smallest absolute Gasteiger partial charge is 0.261 e. The fraction of sp³-hybridized carbons (Fsp3) is 0.0909. The zero-order chi connectivity index (χ0) is 19.3. The van der Waals surface area contributed by atoms with Crippen LogP contribution in [0.3, 0.4) is 0 Å². The summed E-state index contributed by atoms with van der Waals surface area (Å²) in [5, 5.41) is 0.491. The number of aromatic nitrogens is 3. The highest BCUT2D eigenvalue weighted by Crippen LogP contribution is 2.15. The molecule has 0 spiro atoms. The van der Waals surface area contributed by atoms with E-state index in [1.807, 2.05) is 42.5 Å². The lowest BCUT2D eigenvalue weighted by atomic mass is 10.2. The predicted molar refractivity (Wildman–Crippen MR) is 108 cm³/mol. The molecule has 0 atom stereocenters. The molecule has 0 saturated heterocycles. The van der Waals surface area contributed by atoms with Crippen LogP contribution in [0.2, 0.25) is 0 Å².